The van der Waals surface area contributed by atoms with E-state index in [1.165, 1.54) is 0 Å². The molecule has 0 amide bonds. The first kappa shape index (κ1) is 12.3. The highest BCUT2D eigenvalue weighted by Crippen LogP contribution is 2.28. The number of rotatable bonds is 3. The molecular formula is C12H11BrN2OS. The quantitative estimate of drug-likeness (QED) is 0.518. The Morgan fingerprint density at radius 3 is 2.82 bits per heavy atom. The number of nitrogen functional groups attached to an aromatic ring is 1. The second kappa shape index (κ2) is 5.42. The second-order valence-electron chi connectivity index (χ2n) is 3.49. The highest BCUT2D eigenvalue weighted by atomic mass is 79.9. The van der Waals surface area contributed by atoms with Crippen molar-refractivity contribution in [1.82, 2.24) is 4.98 Å². The number of halogens is 1. The lowest BCUT2D eigenvalue weighted by Crippen LogP contribution is -1.89. The Hall–Kier alpha value is -1.20. The van der Waals surface area contributed by atoms with E-state index in [2.05, 4.69) is 20.9 Å². The molecule has 0 bridgehead atoms. The summed E-state index contributed by atoms with van der Waals surface area (Å²) in [4.78, 5) is 4.25. The van der Waals surface area contributed by atoms with Crippen molar-refractivity contribution >= 4 is 33.4 Å². The summed E-state index contributed by atoms with van der Waals surface area (Å²) >= 11 is 4.89. The molecule has 5 heteroatoms. The number of nitrogens with two attached hydrogens (primary N) is 1. The van der Waals surface area contributed by atoms with Gasteiger partial charge >= 0.3 is 0 Å². The van der Waals surface area contributed by atoms with Crippen LogP contribution in [0.25, 0.3) is 0 Å². The van der Waals surface area contributed by atoms with Gasteiger partial charge in [0.05, 0.1) is 5.03 Å². The van der Waals surface area contributed by atoms with E-state index in [0.717, 1.165) is 15.1 Å². The summed E-state index contributed by atoms with van der Waals surface area (Å²) in [5.41, 5.74) is 7.15. The fraction of sp³-hybridized carbons (Fsp3) is 0.0833. The van der Waals surface area contributed by atoms with Gasteiger partial charge in [0.1, 0.15) is 5.75 Å². The molecule has 0 aliphatic carbocycles. The molecule has 2 rings (SSSR count). The van der Waals surface area contributed by atoms with Crippen LogP contribution in [0, 0.1) is 0 Å². The predicted molar refractivity (Wildman–Crippen MR) is 74.0 cm³/mol. The summed E-state index contributed by atoms with van der Waals surface area (Å²) in [5, 5.41) is 10.6. The third-order valence-electron chi connectivity index (χ3n) is 2.18. The van der Waals surface area contributed by atoms with Crippen molar-refractivity contribution in [2.45, 2.75) is 10.8 Å². The van der Waals surface area contributed by atoms with Crippen molar-refractivity contribution in [3.05, 3.63) is 46.6 Å². The second-order valence-corrected chi connectivity index (χ2v) is 5.40. The van der Waals surface area contributed by atoms with Gasteiger partial charge in [0, 0.05) is 27.7 Å². The fourth-order valence-electron chi connectivity index (χ4n) is 1.32. The van der Waals surface area contributed by atoms with Crippen LogP contribution in [0.3, 0.4) is 0 Å². The van der Waals surface area contributed by atoms with Crippen molar-refractivity contribution in [3.8, 4) is 5.75 Å². The number of aromatic hydroxyl groups is 1. The number of hydrogen-bond acceptors (Lipinski definition) is 4. The standard InChI is InChI=1S/C12H11BrN2OS/c13-9-1-4-12(15-6-9)17-7-8-5-10(14)2-3-11(8)16/h1-6,16H,7,14H2. The van der Waals surface area contributed by atoms with Crippen LogP contribution in [0.1, 0.15) is 5.56 Å². The van der Waals surface area contributed by atoms with Gasteiger partial charge in [0.25, 0.3) is 0 Å². The van der Waals surface area contributed by atoms with Gasteiger partial charge in [-0.1, -0.05) is 0 Å². The zero-order chi connectivity index (χ0) is 12.3. The molecule has 0 unspecified atom stereocenters. The average molecular weight is 311 g/mol. The van der Waals surface area contributed by atoms with Gasteiger partial charge in [0.15, 0.2) is 0 Å². The number of anilines is 1. The van der Waals surface area contributed by atoms with E-state index >= 15 is 0 Å². The Bertz CT molecular complexity index is 516. The van der Waals surface area contributed by atoms with Gasteiger partial charge in [0.2, 0.25) is 0 Å². The van der Waals surface area contributed by atoms with E-state index in [0.29, 0.717) is 11.4 Å². The highest BCUT2D eigenvalue weighted by Gasteiger charge is 2.03. The molecule has 0 atom stereocenters. The molecule has 0 saturated carbocycles. The third-order valence-corrected chi connectivity index (χ3v) is 3.64. The van der Waals surface area contributed by atoms with Gasteiger partial charge in [-0.05, 0) is 46.3 Å². The van der Waals surface area contributed by atoms with Crippen molar-refractivity contribution in [2.75, 3.05) is 5.73 Å². The largest absolute Gasteiger partial charge is 0.508 e. The summed E-state index contributed by atoms with van der Waals surface area (Å²) in [7, 11) is 0. The summed E-state index contributed by atoms with van der Waals surface area (Å²) in [5.74, 6) is 0.912. The van der Waals surface area contributed by atoms with Crippen LogP contribution in [0.4, 0.5) is 5.69 Å². The summed E-state index contributed by atoms with van der Waals surface area (Å²) in [6.45, 7) is 0. The fourth-order valence-corrected chi connectivity index (χ4v) is 2.38. The molecule has 17 heavy (non-hydrogen) atoms. The van der Waals surface area contributed by atoms with E-state index in [-0.39, 0.29) is 5.75 Å². The molecule has 3 N–H and O–H groups in total. The number of aromatic nitrogens is 1. The van der Waals surface area contributed by atoms with Gasteiger partial charge in [-0.3, -0.25) is 0 Å². The first-order chi connectivity index (χ1) is 8.15. The summed E-state index contributed by atoms with van der Waals surface area (Å²) in [6.07, 6.45) is 1.75. The number of thioether (sulfide) groups is 1. The topological polar surface area (TPSA) is 59.1 Å². The van der Waals surface area contributed by atoms with Crippen molar-refractivity contribution in [2.24, 2.45) is 0 Å². The van der Waals surface area contributed by atoms with Crippen LogP contribution in [-0.2, 0) is 5.75 Å². The molecule has 1 aromatic heterocycles. The molecule has 0 spiro atoms. The molecule has 88 valence electrons. The van der Waals surface area contributed by atoms with Gasteiger partial charge in [-0.15, -0.1) is 11.8 Å². The molecule has 2 aromatic rings. The Balaban J connectivity index is 2.07. The van der Waals surface area contributed by atoms with E-state index in [9.17, 15) is 5.11 Å². The van der Waals surface area contributed by atoms with Crippen LogP contribution in [0.5, 0.6) is 5.75 Å². The summed E-state index contributed by atoms with van der Waals surface area (Å²) in [6, 6.07) is 8.94. The SMILES string of the molecule is Nc1ccc(O)c(CSc2ccc(Br)cn2)c1. The van der Waals surface area contributed by atoms with Gasteiger partial charge in [-0.2, -0.15) is 0 Å². The number of nitrogens with zero attached hydrogens (tertiary/aromatic N) is 1. The molecule has 1 heterocycles. The number of benzene rings is 1. The normalized spacial score (nSPS) is 10.4. The molecule has 0 fully saturated rings. The van der Waals surface area contributed by atoms with Crippen LogP contribution in [-0.4, -0.2) is 10.1 Å². The molecule has 0 saturated heterocycles. The molecule has 0 aliphatic rings. The predicted octanol–water partition coefficient (Wildman–Crippen LogP) is 3.42. The zero-order valence-electron chi connectivity index (χ0n) is 8.93. The van der Waals surface area contributed by atoms with Crippen molar-refractivity contribution in [1.29, 1.82) is 0 Å². The highest BCUT2D eigenvalue weighted by molar-refractivity contribution is 9.10. The van der Waals surface area contributed by atoms with E-state index in [4.69, 9.17) is 5.73 Å². The molecule has 0 aliphatic heterocycles. The minimum Gasteiger partial charge on any atom is -0.508 e. The maximum Gasteiger partial charge on any atom is 0.119 e. The first-order valence-corrected chi connectivity index (χ1v) is 6.75. The smallest absolute Gasteiger partial charge is 0.119 e. The number of pyridine rings is 1. The lowest BCUT2D eigenvalue weighted by atomic mass is 10.2. The molecule has 1 aromatic carbocycles. The van der Waals surface area contributed by atoms with Crippen molar-refractivity contribution < 1.29 is 5.11 Å². The van der Waals surface area contributed by atoms with E-state index in [1.807, 2.05) is 12.1 Å². The zero-order valence-corrected chi connectivity index (χ0v) is 11.3. The van der Waals surface area contributed by atoms with E-state index in [1.54, 1.807) is 36.2 Å². The van der Waals surface area contributed by atoms with Crippen molar-refractivity contribution in [3.63, 3.8) is 0 Å². The van der Waals surface area contributed by atoms with Crippen LogP contribution in [0.2, 0.25) is 0 Å². The van der Waals surface area contributed by atoms with Gasteiger partial charge < -0.3 is 10.8 Å². The number of phenols is 1. The Morgan fingerprint density at radius 1 is 1.29 bits per heavy atom. The maximum atomic E-state index is 9.66. The lowest BCUT2D eigenvalue weighted by Gasteiger charge is -2.05. The molecule has 0 radical (unpaired) electrons. The summed E-state index contributed by atoms with van der Waals surface area (Å²) < 4.78 is 0.952. The van der Waals surface area contributed by atoms with Crippen LogP contribution < -0.4 is 5.73 Å². The minimum atomic E-state index is 0.267. The number of phenolic OH excluding ortho intramolecular Hbond substituents is 1. The first-order valence-electron chi connectivity index (χ1n) is 4.97. The van der Waals surface area contributed by atoms with Crippen LogP contribution in [0.15, 0.2) is 46.0 Å². The van der Waals surface area contributed by atoms with E-state index < -0.39 is 0 Å². The molecular weight excluding hydrogens is 300 g/mol. The lowest BCUT2D eigenvalue weighted by molar-refractivity contribution is 0.471. The monoisotopic (exact) mass is 310 g/mol. The Labute approximate surface area is 112 Å². The number of hydrogen-bond donors (Lipinski definition) is 2. The van der Waals surface area contributed by atoms with Gasteiger partial charge in [-0.25, -0.2) is 4.98 Å². The Kier molecular flexibility index (Phi) is 3.91. The Morgan fingerprint density at radius 2 is 2.12 bits per heavy atom. The minimum absolute atomic E-state index is 0.267. The van der Waals surface area contributed by atoms with Crippen LogP contribution >= 0.6 is 27.7 Å². The maximum absolute atomic E-state index is 9.66. The third kappa shape index (κ3) is 3.38. The average Bonchev–Trinajstić information content (AvgIpc) is 2.32. The molecule has 3 nitrogen and oxygen atoms in total.